The van der Waals surface area contributed by atoms with Crippen LogP contribution in [0.1, 0.15) is 26.5 Å². The highest BCUT2D eigenvalue weighted by molar-refractivity contribution is 7.13. The molecule has 3 N–H and O–H groups in total. The summed E-state index contributed by atoms with van der Waals surface area (Å²) in [5, 5.41) is 9.15. The lowest BCUT2D eigenvalue weighted by atomic mass is 10.1. The molecule has 4 rings (SSSR count). The van der Waals surface area contributed by atoms with Crippen molar-refractivity contribution >= 4 is 28.8 Å². The molecule has 0 spiro atoms. The molecule has 0 aliphatic heterocycles. The molecule has 0 saturated carbocycles. The molecular weight excluding hydrogens is 386 g/mol. The molecule has 0 saturated heterocycles. The molecule has 0 atom stereocenters. The topological polar surface area (TPSA) is 103 Å². The molecule has 8 heteroatoms. The number of hydrogen-bond acceptors (Lipinski definition) is 5. The first-order chi connectivity index (χ1) is 14.0. The van der Waals surface area contributed by atoms with Gasteiger partial charge in [-0.1, -0.05) is 24.3 Å². The fraction of sp³-hybridized carbons (Fsp3) is 0.0476. The highest BCUT2D eigenvalue weighted by atomic mass is 32.1. The quantitative estimate of drug-likeness (QED) is 0.531. The molecule has 7 nitrogen and oxygen atoms in total. The van der Waals surface area contributed by atoms with E-state index in [2.05, 4.69) is 15.4 Å². The third-order valence-corrected chi connectivity index (χ3v) is 5.17. The minimum atomic E-state index is -0.510. The van der Waals surface area contributed by atoms with Gasteiger partial charge in [0.05, 0.1) is 10.6 Å². The van der Waals surface area contributed by atoms with Crippen LogP contribution in [0, 0.1) is 6.92 Å². The summed E-state index contributed by atoms with van der Waals surface area (Å²) in [7, 11) is 0. The van der Waals surface area contributed by atoms with Gasteiger partial charge in [0, 0.05) is 11.3 Å². The standard InChI is InChI=1S/C21H17N5O2S/c1-13-12-14(9-10-16(13)18(22)27)23-21(28)19-24-20(17-8-5-11-29-17)26(25-19)15-6-3-2-4-7-15/h2-12H,1H3,(H2,22,27)(H,23,28). The van der Waals surface area contributed by atoms with Crippen molar-refractivity contribution in [1.82, 2.24) is 14.8 Å². The van der Waals surface area contributed by atoms with Crippen LogP contribution in [0.25, 0.3) is 16.4 Å². The molecule has 144 valence electrons. The zero-order chi connectivity index (χ0) is 20.4. The number of carbonyl (C=O) groups is 2. The van der Waals surface area contributed by atoms with Gasteiger partial charge in [-0.15, -0.1) is 16.4 Å². The van der Waals surface area contributed by atoms with E-state index >= 15 is 0 Å². The van der Waals surface area contributed by atoms with E-state index in [0.717, 1.165) is 10.6 Å². The van der Waals surface area contributed by atoms with Gasteiger partial charge in [0.25, 0.3) is 5.91 Å². The molecule has 0 bridgehead atoms. The van der Waals surface area contributed by atoms with Crippen LogP contribution in [0.3, 0.4) is 0 Å². The van der Waals surface area contributed by atoms with Gasteiger partial charge < -0.3 is 11.1 Å². The second kappa shape index (κ2) is 7.69. The van der Waals surface area contributed by atoms with Crippen molar-refractivity contribution in [2.75, 3.05) is 5.32 Å². The van der Waals surface area contributed by atoms with E-state index < -0.39 is 11.8 Å². The molecule has 2 aromatic heterocycles. The van der Waals surface area contributed by atoms with Crippen LogP contribution in [0.2, 0.25) is 0 Å². The van der Waals surface area contributed by atoms with Gasteiger partial charge in [-0.25, -0.2) is 9.67 Å². The molecule has 0 aliphatic carbocycles. The zero-order valence-corrected chi connectivity index (χ0v) is 16.3. The van der Waals surface area contributed by atoms with Gasteiger partial charge in [0.1, 0.15) is 0 Å². The number of aromatic nitrogens is 3. The maximum Gasteiger partial charge on any atom is 0.295 e. The van der Waals surface area contributed by atoms with Crippen molar-refractivity contribution < 1.29 is 9.59 Å². The summed E-state index contributed by atoms with van der Waals surface area (Å²) in [6.45, 7) is 1.76. The lowest BCUT2D eigenvalue weighted by Crippen LogP contribution is -2.16. The Morgan fingerprint density at radius 3 is 2.52 bits per heavy atom. The highest BCUT2D eigenvalue weighted by Crippen LogP contribution is 2.26. The molecule has 2 heterocycles. The van der Waals surface area contributed by atoms with Gasteiger partial charge in [-0.3, -0.25) is 9.59 Å². The van der Waals surface area contributed by atoms with Crippen molar-refractivity contribution in [3.05, 3.63) is 83.0 Å². The van der Waals surface area contributed by atoms with E-state index in [0.29, 0.717) is 22.6 Å². The lowest BCUT2D eigenvalue weighted by molar-refractivity contribution is 0.0996. The number of thiophene rings is 1. The highest BCUT2D eigenvalue weighted by Gasteiger charge is 2.19. The second-order valence-electron chi connectivity index (χ2n) is 6.33. The van der Waals surface area contributed by atoms with Crippen LogP contribution in [-0.2, 0) is 0 Å². The van der Waals surface area contributed by atoms with Crippen LogP contribution in [0.15, 0.2) is 66.0 Å². The summed E-state index contributed by atoms with van der Waals surface area (Å²) in [5.41, 5.74) is 7.76. The average Bonchev–Trinajstić information content (AvgIpc) is 3.38. The summed E-state index contributed by atoms with van der Waals surface area (Å²) in [6.07, 6.45) is 0. The molecule has 29 heavy (non-hydrogen) atoms. The van der Waals surface area contributed by atoms with Crippen LogP contribution >= 0.6 is 11.3 Å². The number of carbonyl (C=O) groups excluding carboxylic acids is 2. The SMILES string of the molecule is Cc1cc(NC(=O)c2nc(-c3cccs3)n(-c3ccccc3)n2)ccc1C(N)=O. The summed E-state index contributed by atoms with van der Waals surface area (Å²) in [6, 6.07) is 18.3. The van der Waals surface area contributed by atoms with E-state index in [1.54, 1.807) is 29.8 Å². The Labute approximate surface area is 170 Å². The third-order valence-electron chi connectivity index (χ3n) is 4.30. The first-order valence-electron chi connectivity index (χ1n) is 8.81. The number of hydrogen-bond donors (Lipinski definition) is 2. The first kappa shape index (κ1) is 18.6. The molecule has 0 radical (unpaired) electrons. The Kier molecular flexibility index (Phi) is 4.92. The van der Waals surface area contributed by atoms with E-state index in [1.807, 2.05) is 47.8 Å². The van der Waals surface area contributed by atoms with Crippen molar-refractivity contribution in [3.63, 3.8) is 0 Å². The molecule has 4 aromatic rings. The van der Waals surface area contributed by atoms with E-state index in [4.69, 9.17) is 5.73 Å². The summed E-state index contributed by atoms with van der Waals surface area (Å²) < 4.78 is 1.65. The fourth-order valence-corrected chi connectivity index (χ4v) is 3.63. The van der Waals surface area contributed by atoms with Crippen LogP contribution in [0.4, 0.5) is 5.69 Å². The minimum Gasteiger partial charge on any atom is -0.366 e. The number of nitrogens with two attached hydrogens (primary N) is 1. The van der Waals surface area contributed by atoms with Gasteiger partial charge in [-0.05, 0) is 54.3 Å². The fourth-order valence-electron chi connectivity index (χ4n) is 2.93. The predicted molar refractivity (Wildman–Crippen MR) is 112 cm³/mol. The van der Waals surface area contributed by atoms with Crippen LogP contribution < -0.4 is 11.1 Å². The molecular formula is C21H17N5O2S. The van der Waals surface area contributed by atoms with Crippen molar-refractivity contribution in [2.24, 2.45) is 5.73 Å². The Bertz CT molecular complexity index is 1180. The monoisotopic (exact) mass is 403 g/mol. The number of aryl methyl sites for hydroxylation is 1. The summed E-state index contributed by atoms with van der Waals surface area (Å²) >= 11 is 1.52. The van der Waals surface area contributed by atoms with Gasteiger partial charge in [0.15, 0.2) is 5.82 Å². The lowest BCUT2D eigenvalue weighted by Gasteiger charge is -2.06. The van der Waals surface area contributed by atoms with Crippen molar-refractivity contribution in [2.45, 2.75) is 6.92 Å². The Morgan fingerprint density at radius 2 is 1.86 bits per heavy atom. The maximum absolute atomic E-state index is 12.8. The number of rotatable bonds is 5. The Balaban J connectivity index is 1.67. The molecule has 0 aliphatic rings. The van der Waals surface area contributed by atoms with E-state index in [-0.39, 0.29) is 5.82 Å². The number of nitrogens with zero attached hydrogens (tertiary/aromatic N) is 3. The summed E-state index contributed by atoms with van der Waals surface area (Å²) in [5.74, 6) is -0.307. The number of nitrogens with one attached hydrogen (secondary N) is 1. The molecule has 0 fully saturated rings. The number of anilines is 1. The number of benzene rings is 2. The Hall–Kier alpha value is -3.78. The number of amides is 2. The molecule has 2 aromatic carbocycles. The predicted octanol–water partition coefficient (Wildman–Crippen LogP) is 3.66. The summed E-state index contributed by atoms with van der Waals surface area (Å²) in [4.78, 5) is 29.5. The Morgan fingerprint density at radius 1 is 1.07 bits per heavy atom. The second-order valence-corrected chi connectivity index (χ2v) is 7.28. The number of primary amides is 1. The first-order valence-corrected chi connectivity index (χ1v) is 9.69. The third kappa shape index (κ3) is 3.78. The van der Waals surface area contributed by atoms with Gasteiger partial charge in [-0.2, -0.15) is 0 Å². The normalized spacial score (nSPS) is 10.7. The maximum atomic E-state index is 12.8. The molecule has 2 amide bonds. The van der Waals surface area contributed by atoms with Crippen molar-refractivity contribution in [1.29, 1.82) is 0 Å². The van der Waals surface area contributed by atoms with Crippen LogP contribution in [0.5, 0.6) is 0 Å². The van der Waals surface area contributed by atoms with E-state index in [9.17, 15) is 9.59 Å². The molecule has 0 unspecified atom stereocenters. The van der Waals surface area contributed by atoms with Gasteiger partial charge >= 0.3 is 0 Å². The van der Waals surface area contributed by atoms with Gasteiger partial charge in [0.2, 0.25) is 11.7 Å². The largest absolute Gasteiger partial charge is 0.366 e. The van der Waals surface area contributed by atoms with Crippen LogP contribution in [-0.4, -0.2) is 26.6 Å². The number of para-hydroxylation sites is 1. The zero-order valence-electron chi connectivity index (χ0n) is 15.5. The van der Waals surface area contributed by atoms with Crippen molar-refractivity contribution in [3.8, 4) is 16.4 Å². The minimum absolute atomic E-state index is 0.0499. The van der Waals surface area contributed by atoms with E-state index in [1.165, 1.54) is 11.3 Å². The average molecular weight is 403 g/mol. The smallest absolute Gasteiger partial charge is 0.295 e.